The third-order valence-corrected chi connectivity index (χ3v) is 3.84. The normalized spacial score (nSPS) is 13.6. The fourth-order valence-electron chi connectivity index (χ4n) is 2.48. The van der Waals surface area contributed by atoms with E-state index in [1.165, 1.54) is 7.11 Å². The Morgan fingerprint density at radius 2 is 2.09 bits per heavy atom. The van der Waals surface area contributed by atoms with E-state index in [0.717, 1.165) is 17.3 Å². The predicted molar refractivity (Wildman–Crippen MR) is 86.1 cm³/mol. The number of halogens is 1. The molecule has 22 heavy (non-hydrogen) atoms. The molecule has 5 nitrogen and oxygen atoms in total. The Kier molecular flexibility index (Phi) is 4.76. The lowest BCUT2D eigenvalue weighted by Gasteiger charge is -2.27. The summed E-state index contributed by atoms with van der Waals surface area (Å²) >= 11 is 5.93. The first kappa shape index (κ1) is 16.4. The summed E-state index contributed by atoms with van der Waals surface area (Å²) in [7, 11) is 1.31. The van der Waals surface area contributed by atoms with Gasteiger partial charge < -0.3 is 15.0 Å². The van der Waals surface area contributed by atoms with Gasteiger partial charge >= 0.3 is 5.97 Å². The van der Waals surface area contributed by atoms with Crippen LogP contribution in [0.2, 0.25) is 5.02 Å². The summed E-state index contributed by atoms with van der Waals surface area (Å²) in [4.78, 5) is 27.4. The number of aromatic nitrogens is 1. The Labute approximate surface area is 134 Å². The van der Waals surface area contributed by atoms with Crippen molar-refractivity contribution >= 4 is 34.4 Å². The minimum Gasteiger partial charge on any atom is -0.467 e. The summed E-state index contributed by atoms with van der Waals surface area (Å²) in [6.45, 7) is 3.61. The van der Waals surface area contributed by atoms with Crippen LogP contribution < -0.4 is 5.32 Å². The van der Waals surface area contributed by atoms with Crippen LogP contribution in [0.3, 0.4) is 0 Å². The van der Waals surface area contributed by atoms with Crippen LogP contribution in [-0.2, 0) is 9.53 Å². The second-order valence-electron chi connectivity index (χ2n) is 5.44. The van der Waals surface area contributed by atoms with Gasteiger partial charge in [-0.05, 0) is 31.5 Å². The second kappa shape index (κ2) is 6.40. The highest BCUT2D eigenvalue weighted by molar-refractivity contribution is 6.31. The first-order chi connectivity index (χ1) is 10.4. The summed E-state index contributed by atoms with van der Waals surface area (Å²) in [6, 6.07) is 7.06. The molecule has 1 unspecified atom stereocenters. The van der Waals surface area contributed by atoms with E-state index in [1.54, 1.807) is 25.1 Å². The Morgan fingerprint density at radius 3 is 2.73 bits per heavy atom. The largest absolute Gasteiger partial charge is 0.467 e. The van der Waals surface area contributed by atoms with Gasteiger partial charge in [0.1, 0.15) is 11.2 Å². The second-order valence-corrected chi connectivity index (χ2v) is 5.88. The van der Waals surface area contributed by atoms with Crippen LogP contribution in [0.1, 0.15) is 37.2 Å². The van der Waals surface area contributed by atoms with Gasteiger partial charge in [0, 0.05) is 15.9 Å². The number of hydrogen-bond donors (Lipinski definition) is 2. The molecule has 1 heterocycles. The zero-order valence-corrected chi connectivity index (χ0v) is 13.6. The molecule has 0 aliphatic rings. The van der Waals surface area contributed by atoms with Crippen molar-refractivity contribution in [3.8, 4) is 0 Å². The number of hydrogen-bond acceptors (Lipinski definition) is 3. The van der Waals surface area contributed by atoms with Crippen LogP contribution in [0.15, 0.2) is 24.3 Å². The van der Waals surface area contributed by atoms with Crippen molar-refractivity contribution in [3.63, 3.8) is 0 Å². The molecule has 0 spiro atoms. The lowest BCUT2D eigenvalue weighted by Crippen LogP contribution is -2.52. The van der Waals surface area contributed by atoms with E-state index in [4.69, 9.17) is 16.3 Å². The van der Waals surface area contributed by atoms with Crippen molar-refractivity contribution in [3.05, 3.63) is 35.0 Å². The number of fused-ring (bicyclic) bond motifs is 1. The molecule has 1 aromatic heterocycles. The molecule has 0 aliphatic heterocycles. The van der Waals surface area contributed by atoms with Crippen molar-refractivity contribution < 1.29 is 14.3 Å². The van der Waals surface area contributed by atoms with E-state index in [1.807, 2.05) is 13.0 Å². The molecule has 2 N–H and O–H groups in total. The summed E-state index contributed by atoms with van der Waals surface area (Å²) in [5.41, 5.74) is 0.103. The van der Waals surface area contributed by atoms with E-state index in [2.05, 4.69) is 10.3 Å². The van der Waals surface area contributed by atoms with Crippen LogP contribution in [0.4, 0.5) is 0 Å². The molecule has 0 radical (unpaired) electrons. The molecule has 118 valence electrons. The number of carbonyl (C=O) groups excluding carboxylic acids is 2. The average Bonchev–Trinajstić information content (AvgIpc) is 2.89. The zero-order valence-electron chi connectivity index (χ0n) is 12.8. The molecular formula is C16H19ClN2O3. The molecule has 0 aliphatic carbocycles. The van der Waals surface area contributed by atoms with Gasteiger partial charge in [0.2, 0.25) is 0 Å². The molecule has 1 aromatic carbocycles. The zero-order chi connectivity index (χ0) is 16.3. The number of carbonyl (C=O) groups is 2. The Bertz CT molecular complexity index is 710. The van der Waals surface area contributed by atoms with E-state index in [0.29, 0.717) is 17.1 Å². The molecule has 2 rings (SSSR count). The van der Waals surface area contributed by atoms with Crippen molar-refractivity contribution in [2.24, 2.45) is 0 Å². The van der Waals surface area contributed by atoms with Crippen molar-refractivity contribution in [1.29, 1.82) is 0 Å². The van der Waals surface area contributed by atoms with Gasteiger partial charge in [0.15, 0.2) is 0 Å². The highest BCUT2D eigenvalue weighted by Gasteiger charge is 2.35. The lowest BCUT2D eigenvalue weighted by molar-refractivity contribution is -0.147. The first-order valence-electron chi connectivity index (χ1n) is 7.09. The Balaban J connectivity index is 2.27. The highest BCUT2D eigenvalue weighted by Crippen LogP contribution is 2.21. The smallest absolute Gasteiger partial charge is 0.331 e. The fraction of sp³-hybridized carbons (Fsp3) is 0.375. The van der Waals surface area contributed by atoms with E-state index in [9.17, 15) is 9.59 Å². The van der Waals surface area contributed by atoms with Crippen LogP contribution in [-0.4, -0.2) is 29.5 Å². The Hall–Kier alpha value is -2.01. The number of esters is 1. The van der Waals surface area contributed by atoms with Gasteiger partial charge in [-0.15, -0.1) is 0 Å². The SMILES string of the molecule is CCCC(C)(NC(=O)c1cc2ccc(Cl)cc2[nH]1)C(=O)OC. The van der Waals surface area contributed by atoms with E-state index in [-0.39, 0.29) is 5.91 Å². The fourth-order valence-corrected chi connectivity index (χ4v) is 2.65. The van der Waals surface area contributed by atoms with Crippen LogP contribution in [0.25, 0.3) is 10.9 Å². The standard InChI is InChI=1S/C16H19ClN2O3/c1-4-7-16(2,15(21)22-3)19-14(20)13-8-10-5-6-11(17)9-12(10)18-13/h5-6,8-9,18H,4,7H2,1-3H3,(H,19,20). The summed E-state index contributed by atoms with van der Waals surface area (Å²) in [5.74, 6) is -0.810. The van der Waals surface area contributed by atoms with Gasteiger partial charge in [-0.2, -0.15) is 0 Å². The Morgan fingerprint density at radius 1 is 1.36 bits per heavy atom. The molecule has 6 heteroatoms. The van der Waals surface area contributed by atoms with Crippen molar-refractivity contribution in [1.82, 2.24) is 10.3 Å². The molecule has 0 bridgehead atoms. The number of H-pyrrole nitrogens is 1. The number of nitrogens with one attached hydrogen (secondary N) is 2. The quantitative estimate of drug-likeness (QED) is 0.830. The number of amides is 1. The number of aromatic amines is 1. The number of benzene rings is 1. The van der Waals surface area contributed by atoms with Gasteiger partial charge in [0.05, 0.1) is 7.11 Å². The van der Waals surface area contributed by atoms with E-state index >= 15 is 0 Å². The predicted octanol–water partition coefficient (Wildman–Crippen LogP) is 3.28. The highest BCUT2D eigenvalue weighted by atomic mass is 35.5. The maximum atomic E-state index is 12.4. The molecule has 0 fully saturated rings. The number of rotatable bonds is 5. The van der Waals surface area contributed by atoms with Gasteiger partial charge in [-0.25, -0.2) is 4.79 Å². The summed E-state index contributed by atoms with van der Waals surface area (Å²) in [6.07, 6.45) is 1.24. The van der Waals surface area contributed by atoms with Gasteiger partial charge in [0.25, 0.3) is 5.91 Å². The van der Waals surface area contributed by atoms with Crippen LogP contribution in [0.5, 0.6) is 0 Å². The minimum absolute atomic E-state index is 0.353. The third-order valence-electron chi connectivity index (χ3n) is 3.60. The van der Waals surface area contributed by atoms with Crippen molar-refractivity contribution in [2.45, 2.75) is 32.2 Å². The van der Waals surface area contributed by atoms with Gasteiger partial charge in [-0.3, -0.25) is 4.79 Å². The number of methoxy groups -OCH3 is 1. The molecule has 2 aromatic rings. The van der Waals surface area contributed by atoms with Crippen molar-refractivity contribution in [2.75, 3.05) is 7.11 Å². The molecule has 1 atom stereocenters. The lowest BCUT2D eigenvalue weighted by atomic mass is 9.96. The summed E-state index contributed by atoms with van der Waals surface area (Å²) in [5, 5.41) is 4.23. The first-order valence-corrected chi connectivity index (χ1v) is 7.46. The topological polar surface area (TPSA) is 71.2 Å². The maximum absolute atomic E-state index is 12.4. The minimum atomic E-state index is -1.05. The van der Waals surface area contributed by atoms with Gasteiger partial charge in [-0.1, -0.05) is 31.0 Å². The maximum Gasteiger partial charge on any atom is 0.331 e. The summed E-state index contributed by atoms with van der Waals surface area (Å²) < 4.78 is 4.80. The third kappa shape index (κ3) is 3.25. The van der Waals surface area contributed by atoms with E-state index < -0.39 is 11.5 Å². The molecule has 1 amide bonds. The monoisotopic (exact) mass is 322 g/mol. The van der Waals surface area contributed by atoms with Crippen LogP contribution in [0, 0.1) is 0 Å². The molecule has 0 saturated heterocycles. The van der Waals surface area contributed by atoms with Crippen LogP contribution >= 0.6 is 11.6 Å². The molecular weight excluding hydrogens is 304 g/mol. The number of ether oxygens (including phenoxy) is 1. The molecule has 0 saturated carbocycles. The average molecular weight is 323 g/mol.